The SMILES string of the molecule is C=C1[C@H](O)CC(=C/C=C/CC(C)(C)CC(C)CCCC(C)(C)O)C[C@H]1O. The molecule has 0 radical (unpaired) electrons. The summed E-state index contributed by atoms with van der Waals surface area (Å²) >= 11 is 0. The molecule has 1 unspecified atom stereocenters. The van der Waals surface area contributed by atoms with E-state index in [0.717, 1.165) is 37.7 Å². The van der Waals surface area contributed by atoms with E-state index < -0.39 is 17.8 Å². The molecule has 0 spiro atoms. The quantitative estimate of drug-likeness (QED) is 0.509. The molecule has 3 heteroatoms. The molecule has 0 bridgehead atoms. The summed E-state index contributed by atoms with van der Waals surface area (Å²) in [6.07, 6.45) is 11.4. The molecule has 1 saturated carbocycles. The standard InChI is InChI=1S/C23H40O3/c1-17(10-9-13-23(5,6)26)16-22(3,4)12-8-7-11-19-14-20(24)18(2)21(25)15-19/h7-8,11,17,20-21,24-26H,2,9-10,12-16H2,1,3-6H3/b8-7+/t17?,20-,21-/m1/s1. The first-order valence-electron chi connectivity index (χ1n) is 10.0. The molecule has 0 aromatic carbocycles. The van der Waals surface area contributed by atoms with Gasteiger partial charge in [-0.3, -0.25) is 0 Å². The molecule has 0 aromatic heterocycles. The van der Waals surface area contributed by atoms with Crippen molar-refractivity contribution >= 4 is 0 Å². The Labute approximate surface area is 160 Å². The molecule has 0 amide bonds. The summed E-state index contributed by atoms with van der Waals surface area (Å²) in [6, 6.07) is 0. The monoisotopic (exact) mass is 364 g/mol. The molecule has 3 nitrogen and oxygen atoms in total. The van der Waals surface area contributed by atoms with Crippen molar-refractivity contribution in [1.29, 1.82) is 0 Å². The zero-order chi connectivity index (χ0) is 20.0. The van der Waals surface area contributed by atoms with Gasteiger partial charge in [-0.15, -0.1) is 0 Å². The van der Waals surface area contributed by atoms with Gasteiger partial charge in [0, 0.05) is 0 Å². The minimum Gasteiger partial charge on any atom is -0.390 e. The number of aliphatic hydroxyl groups excluding tert-OH is 2. The highest BCUT2D eigenvalue weighted by Crippen LogP contribution is 2.32. The third kappa shape index (κ3) is 9.16. The molecule has 3 atom stereocenters. The Morgan fingerprint density at radius 1 is 1.15 bits per heavy atom. The Kier molecular flexibility index (Phi) is 8.78. The second-order valence-corrected chi connectivity index (χ2v) is 9.65. The van der Waals surface area contributed by atoms with Gasteiger partial charge < -0.3 is 15.3 Å². The van der Waals surface area contributed by atoms with Crippen LogP contribution in [0.2, 0.25) is 0 Å². The zero-order valence-corrected chi connectivity index (χ0v) is 17.5. The molecule has 26 heavy (non-hydrogen) atoms. The average Bonchev–Trinajstić information content (AvgIpc) is 2.47. The second kappa shape index (κ2) is 9.87. The lowest BCUT2D eigenvalue weighted by atomic mass is 9.79. The highest BCUT2D eigenvalue weighted by molar-refractivity contribution is 5.25. The number of hydrogen-bond donors (Lipinski definition) is 3. The van der Waals surface area contributed by atoms with Crippen LogP contribution in [0.15, 0.2) is 36.0 Å². The van der Waals surface area contributed by atoms with Gasteiger partial charge in [-0.2, -0.15) is 0 Å². The summed E-state index contributed by atoms with van der Waals surface area (Å²) in [5, 5.41) is 29.6. The van der Waals surface area contributed by atoms with E-state index in [1.807, 2.05) is 19.9 Å². The third-order valence-corrected chi connectivity index (χ3v) is 5.29. The smallest absolute Gasteiger partial charge is 0.0809 e. The van der Waals surface area contributed by atoms with Crippen molar-refractivity contribution < 1.29 is 15.3 Å². The second-order valence-electron chi connectivity index (χ2n) is 9.65. The van der Waals surface area contributed by atoms with Crippen LogP contribution in [-0.2, 0) is 0 Å². The number of hydrogen-bond acceptors (Lipinski definition) is 3. The molecule has 0 aliphatic heterocycles. The molecule has 1 rings (SSSR count). The minimum atomic E-state index is -0.625. The van der Waals surface area contributed by atoms with Gasteiger partial charge in [-0.05, 0) is 62.9 Å². The van der Waals surface area contributed by atoms with Crippen LogP contribution in [0.5, 0.6) is 0 Å². The van der Waals surface area contributed by atoms with E-state index in [0.29, 0.717) is 24.3 Å². The summed E-state index contributed by atoms with van der Waals surface area (Å²) in [6.45, 7) is 14.4. The largest absolute Gasteiger partial charge is 0.390 e. The van der Waals surface area contributed by atoms with Crippen molar-refractivity contribution in [2.24, 2.45) is 11.3 Å². The van der Waals surface area contributed by atoms with Gasteiger partial charge in [-0.1, -0.05) is 64.0 Å². The van der Waals surface area contributed by atoms with Crippen LogP contribution in [0.1, 0.15) is 79.6 Å². The maximum atomic E-state index is 9.88. The van der Waals surface area contributed by atoms with Gasteiger partial charge in [0.1, 0.15) is 0 Å². The number of aliphatic hydroxyl groups is 3. The van der Waals surface area contributed by atoms with Crippen LogP contribution in [0.3, 0.4) is 0 Å². The normalized spacial score (nSPS) is 23.5. The molecule has 1 aliphatic carbocycles. The molecule has 0 saturated heterocycles. The van der Waals surface area contributed by atoms with Crippen LogP contribution in [0.4, 0.5) is 0 Å². The number of rotatable bonds is 9. The van der Waals surface area contributed by atoms with E-state index in [1.54, 1.807) is 0 Å². The molecule has 150 valence electrons. The van der Waals surface area contributed by atoms with Gasteiger partial charge >= 0.3 is 0 Å². The predicted molar refractivity (Wildman–Crippen MR) is 110 cm³/mol. The summed E-state index contributed by atoms with van der Waals surface area (Å²) in [5.41, 5.74) is 1.29. The molecular formula is C23H40O3. The van der Waals surface area contributed by atoms with E-state index in [4.69, 9.17) is 0 Å². The maximum Gasteiger partial charge on any atom is 0.0809 e. The van der Waals surface area contributed by atoms with E-state index in [1.165, 1.54) is 0 Å². The summed E-state index contributed by atoms with van der Waals surface area (Å²) in [7, 11) is 0. The Morgan fingerprint density at radius 3 is 2.27 bits per heavy atom. The van der Waals surface area contributed by atoms with E-state index in [2.05, 4.69) is 39.5 Å². The fourth-order valence-electron chi connectivity index (χ4n) is 3.80. The minimum absolute atomic E-state index is 0.239. The first-order chi connectivity index (χ1) is 11.9. The molecule has 1 aliphatic rings. The summed E-state index contributed by atoms with van der Waals surface area (Å²) in [5.74, 6) is 0.647. The van der Waals surface area contributed by atoms with Crippen molar-refractivity contribution in [3.63, 3.8) is 0 Å². The average molecular weight is 365 g/mol. The molecule has 0 aromatic rings. The Bertz CT molecular complexity index is 492. The fraction of sp³-hybridized carbons (Fsp3) is 0.739. The van der Waals surface area contributed by atoms with Gasteiger partial charge in [0.2, 0.25) is 0 Å². The van der Waals surface area contributed by atoms with Crippen molar-refractivity contribution in [3.05, 3.63) is 36.0 Å². The molecular weight excluding hydrogens is 324 g/mol. The molecule has 1 fully saturated rings. The highest BCUT2D eigenvalue weighted by Gasteiger charge is 2.25. The first kappa shape index (κ1) is 23.1. The van der Waals surface area contributed by atoms with Crippen molar-refractivity contribution in [3.8, 4) is 0 Å². The van der Waals surface area contributed by atoms with Crippen LogP contribution < -0.4 is 0 Å². The first-order valence-corrected chi connectivity index (χ1v) is 10.0. The summed E-state index contributed by atoms with van der Waals surface area (Å²) in [4.78, 5) is 0. The van der Waals surface area contributed by atoms with Crippen LogP contribution >= 0.6 is 0 Å². The summed E-state index contributed by atoms with van der Waals surface area (Å²) < 4.78 is 0. The van der Waals surface area contributed by atoms with E-state index >= 15 is 0 Å². The van der Waals surface area contributed by atoms with Crippen molar-refractivity contribution in [2.45, 2.75) is 97.4 Å². The Balaban J connectivity index is 2.41. The third-order valence-electron chi connectivity index (χ3n) is 5.29. The van der Waals surface area contributed by atoms with Gasteiger partial charge in [0.15, 0.2) is 0 Å². The maximum absolute atomic E-state index is 9.88. The topological polar surface area (TPSA) is 60.7 Å². The van der Waals surface area contributed by atoms with Gasteiger partial charge in [0.05, 0.1) is 17.8 Å². The van der Waals surface area contributed by atoms with E-state index in [-0.39, 0.29) is 5.41 Å². The highest BCUT2D eigenvalue weighted by atomic mass is 16.3. The van der Waals surface area contributed by atoms with Gasteiger partial charge in [-0.25, -0.2) is 0 Å². The van der Waals surface area contributed by atoms with Crippen molar-refractivity contribution in [2.75, 3.05) is 0 Å². The molecule has 0 heterocycles. The molecule has 3 N–H and O–H groups in total. The van der Waals surface area contributed by atoms with Crippen LogP contribution in [0.25, 0.3) is 0 Å². The van der Waals surface area contributed by atoms with Gasteiger partial charge in [0.25, 0.3) is 0 Å². The zero-order valence-electron chi connectivity index (χ0n) is 17.5. The van der Waals surface area contributed by atoms with Crippen LogP contribution in [-0.4, -0.2) is 33.1 Å². The van der Waals surface area contributed by atoms with E-state index in [9.17, 15) is 15.3 Å². The Hall–Kier alpha value is -0.900. The number of allylic oxidation sites excluding steroid dienone is 3. The predicted octanol–water partition coefficient (Wildman–Crippen LogP) is 4.92. The lowest BCUT2D eigenvalue weighted by Crippen LogP contribution is -2.27. The Morgan fingerprint density at radius 2 is 1.73 bits per heavy atom. The fourth-order valence-corrected chi connectivity index (χ4v) is 3.80. The van der Waals surface area contributed by atoms with Crippen LogP contribution in [0, 0.1) is 11.3 Å². The lowest BCUT2D eigenvalue weighted by Gasteiger charge is -2.28. The van der Waals surface area contributed by atoms with Crippen molar-refractivity contribution in [1.82, 2.24) is 0 Å². The lowest BCUT2D eigenvalue weighted by molar-refractivity contribution is 0.0663.